The first kappa shape index (κ1) is 18.4. The molecule has 0 atom stereocenters. The zero-order valence-electron chi connectivity index (χ0n) is 16.2. The zero-order valence-corrected chi connectivity index (χ0v) is 16.2. The first-order valence-corrected chi connectivity index (χ1v) is 8.52. The SMILES string of the molecule is Cc1cccc(O)c1-c1cc(O)c(C(C)(C)C)c(C(C)(C)C)c1C. The number of hydrogen-bond acceptors (Lipinski definition) is 2. The fourth-order valence-electron chi connectivity index (χ4n) is 3.73. The molecule has 0 unspecified atom stereocenters. The Morgan fingerprint density at radius 2 is 1.29 bits per heavy atom. The quantitative estimate of drug-likeness (QED) is 0.677. The normalized spacial score (nSPS) is 12.5. The molecule has 24 heavy (non-hydrogen) atoms. The van der Waals surface area contributed by atoms with E-state index < -0.39 is 0 Å². The Kier molecular flexibility index (Phi) is 4.47. The van der Waals surface area contributed by atoms with Crippen LogP contribution in [-0.2, 0) is 10.8 Å². The van der Waals surface area contributed by atoms with E-state index in [0.717, 1.165) is 33.4 Å². The Hall–Kier alpha value is -1.96. The molecule has 0 amide bonds. The van der Waals surface area contributed by atoms with E-state index in [0.29, 0.717) is 5.75 Å². The molecule has 2 aromatic carbocycles. The third-order valence-electron chi connectivity index (χ3n) is 4.59. The molecule has 0 aromatic heterocycles. The van der Waals surface area contributed by atoms with Crippen molar-refractivity contribution in [2.24, 2.45) is 0 Å². The molecule has 2 aromatic rings. The summed E-state index contributed by atoms with van der Waals surface area (Å²) in [7, 11) is 0. The Labute approximate surface area is 146 Å². The average Bonchev–Trinajstić information content (AvgIpc) is 2.38. The van der Waals surface area contributed by atoms with Crippen molar-refractivity contribution >= 4 is 0 Å². The van der Waals surface area contributed by atoms with Crippen LogP contribution < -0.4 is 0 Å². The fraction of sp³-hybridized carbons (Fsp3) is 0.455. The Morgan fingerprint density at radius 3 is 1.75 bits per heavy atom. The summed E-state index contributed by atoms with van der Waals surface area (Å²) >= 11 is 0. The Balaban J connectivity index is 2.96. The third-order valence-corrected chi connectivity index (χ3v) is 4.59. The van der Waals surface area contributed by atoms with E-state index in [1.807, 2.05) is 25.1 Å². The monoisotopic (exact) mass is 326 g/mol. The molecule has 0 aliphatic carbocycles. The summed E-state index contributed by atoms with van der Waals surface area (Å²) < 4.78 is 0. The van der Waals surface area contributed by atoms with Crippen molar-refractivity contribution in [1.29, 1.82) is 0 Å². The topological polar surface area (TPSA) is 40.5 Å². The molecule has 0 radical (unpaired) electrons. The Morgan fingerprint density at radius 1 is 0.750 bits per heavy atom. The van der Waals surface area contributed by atoms with Gasteiger partial charge >= 0.3 is 0 Å². The summed E-state index contributed by atoms with van der Waals surface area (Å²) in [5, 5.41) is 21.3. The summed E-state index contributed by atoms with van der Waals surface area (Å²) in [4.78, 5) is 0. The van der Waals surface area contributed by atoms with Gasteiger partial charge in [-0.25, -0.2) is 0 Å². The van der Waals surface area contributed by atoms with Crippen LogP contribution >= 0.6 is 0 Å². The standard InChI is InChI=1S/C22H30O2/c1-13-10-9-11-16(23)18(13)15-12-17(24)20(22(6,7)8)19(14(15)2)21(3,4)5/h9-12,23-24H,1-8H3. The van der Waals surface area contributed by atoms with Crippen LogP contribution in [0.15, 0.2) is 24.3 Å². The molecule has 2 nitrogen and oxygen atoms in total. The smallest absolute Gasteiger partial charge is 0.123 e. The third kappa shape index (κ3) is 3.15. The number of phenolic OH excluding ortho intramolecular Hbond substituents is 2. The summed E-state index contributed by atoms with van der Waals surface area (Å²) in [5.74, 6) is 0.552. The molecule has 0 saturated heterocycles. The van der Waals surface area contributed by atoms with E-state index in [2.05, 4.69) is 48.5 Å². The highest BCUT2D eigenvalue weighted by atomic mass is 16.3. The van der Waals surface area contributed by atoms with E-state index in [1.54, 1.807) is 6.07 Å². The second-order valence-electron chi connectivity index (χ2n) is 8.79. The number of aromatic hydroxyl groups is 2. The highest BCUT2D eigenvalue weighted by Crippen LogP contribution is 2.46. The van der Waals surface area contributed by atoms with Crippen LogP contribution in [0.4, 0.5) is 0 Å². The van der Waals surface area contributed by atoms with Crippen molar-refractivity contribution in [3.63, 3.8) is 0 Å². The van der Waals surface area contributed by atoms with Crippen LogP contribution in [0.25, 0.3) is 11.1 Å². The summed E-state index contributed by atoms with van der Waals surface area (Å²) in [6.07, 6.45) is 0. The van der Waals surface area contributed by atoms with Crippen molar-refractivity contribution in [2.75, 3.05) is 0 Å². The minimum atomic E-state index is -0.163. The molecule has 0 aliphatic heterocycles. The maximum Gasteiger partial charge on any atom is 0.123 e. The van der Waals surface area contributed by atoms with Crippen LogP contribution in [0.1, 0.15) is 63.8 Å². The summed E-state index contributed by atoms with van der Waals surface area (Å²) in [5.41, 5.74) is 5.70. The lowest BCUT2D eigenvalue weighted by molar-refractivity contribution is 0.434. The number of rotatable bonds is 1. The lowest BCUT2D eigenvalue weighted by Crippen LogP contribution is -2.24. The summed E-state index contributed by atoms with van der Waals surface area (Å²) in [6, 6.07) is 7.35. The minimum Gasteiger partial charge on any atom is -0.508 e. The van der Waals surface area contributed by atoms with Crippen molar-refractivity contribution in [2.45, 2.75) is 66.2 Å². The number of phenols is 2. The van der Waals surface area contributed by atoms with E-state index >= 15 is 0 Å². The lowest BCUT2D eigenvalue weighted by Gasteiger charge is -2.34. The first-order valence-electron chi connectivity index (χ1n) is 8.52. The second-order valence-corrected chi connectivity index (χ2v) is 8.79. The molecule has 0 aliphatic rings. The Bertz CT molecular complexity index is 752. The van der Waals surface area contributed by atoms with Gasteiger partial charge < -0.3 is 10.2 Å². The van der Waals surface area contributed by atoms with E-state index in [9.17, 15) is 10.2 Å². The average molecular weight is 326 g/mol. The van der Waals surface area contributed by atoms with Crippen LogP contribution in [-0.4, -0.2) is 10.2 Å². The molecule has 2 heteroatoms. The maximum atomic E-state index is 10.9. The molecule has 2 N–H and O–H groups in total. The molecule has 0 saturated carbocycles. The van der Waals surface area contributed by atoms with Gasteiger partial charge in [0.2, 0.25) is 0 Å². The van der Waals surface area contributed by atoms with Crippen LogP contribution in [0, 0.1) is 13.8 Å². The van der Waals surface area contributed by atoms with Crippen LogP contribution in [0.5, 0.6) is 11.5 Å². The molecular weight excluding hydrogens is 296 g/mol. The molecule has 0 fully saturated rings. The van der Waals surface area contributed by atoms with Gasteiger partial charge in [0.25, 0.3) is 0 Å². The van der Waals surface area contributed by atoms with Gasteiger partial charge in [-0.1, -0.05) is 53.7 Å². The summed E-state index contributed by atoms with van der Waals surface area (Å²) in [6.45, 7) is 17.0. The molecule has 0 heterocycles. The van der Waals surface area contributed by atoms with Crippen LogP contribution in [0.2, 0.25) is 0 Å². The van der Waals surface area contributed by atoms with Crippen molar-refractivity contribution in [1.82, 2.24) is 0 Å². The highest BCUT2D eigenvalue weighted by Gasteiger charge is 2.31. The van der Waals surface area contributed by atoms with E-state index in [4.69, 9.17) is 0 Å². The van der Waals surface area contributed by atoms with Gasteiger partial charge in [0.05, 0.1) is 0 Å². The van der Waals surface area contributed by atoms with E-state index in [1.165, 1.54) is 0 Å². The minimum absolute atomic E-state index is 0.113. The molecular formula is C22H30O2. The number of aryl methyl sites for hydroxylation is 1. The van der Waals surface area contributed by atoms with Crippen molar-refractivity contribution in [3.05, 3.63) is 46.5 Å². The molecule has 130 valence electrons. The van der Waals surface area contributed by atoms with Gasteiger partial charge in [0.1, 0.15) is 11.5 Å². The zero-order chi connectivity index (χ0) is 18.4. The lowest BCUT2D eigenvalue weighted by atomic mass is 9.71. The van der Waals surface area contributed by atoms with Crippen molar-refractivity contribution in [3.8, 4) is 22.6 Å². The van der Waals surface area contributed by atoms with Gasteiger partial charge in [-0.15, -0.1) is 0 Å². The van der Waals surface area contributed by atoms with E-state index in [-0.39, 0.29) is 16.6 Å². The number of hydrogen-bond donors (Lipinski definition) is 2. The second kappa shape index (κ2) is 5.84. The highest BCUT2D eigenvalue weighted by molar-refractivity contribution is 5.79. The predicted molar refractivity (Wildman–Crippen MR) is 102 cm³/mol. The maximum absolute atomic E-state index is 10.9. The first-order chi connectivity index (χ1) is 10.9. The van der Waals surface area contributed by atoms with Gasteiger partial charge in [-0.3, -0.25) is 0 Å². The van der Waals surface area contributed by atoms with Crippen LogP contribution in [0.3, 0.4) is 0 Å². The van der Waals surface area contributed by atoms with Gasteiger partial charge in [-0.05, 0) is 59.1 Å². The van der Waals surface area contributed by atoms with Crippen molar-refractivity contribution < 1.29 is 10.2 Å². The predicted octanol–water partition coefficient (Wildman–Crippen LogP) is 5.98. The van der Waals surface area contributed by atoms with Gasteiger partial charge in [0, 0.05) is 11.1 Å². The van der Waals surface area contributed by atoms with Gasteiger partial charge in [0.15, 0.2) is 0 Å². The number of benzene rings is 2. The largest absolute Gasteiger partial charge is 0.508 e. The molecule has 2 rings (SSSR count). The van der Waals surface area contributed by atoms with Gasteiger partial charge in [-0.2, -0.15) is 0 Å². The molecule has 0 bridgehead atoms. The molecule has 0 spiro atoms. The fourth-order valence-corrected chi connectivity index (χ4v) is 3.73.